The molecule has 2 heterocycles. The van der Waals surface area contributed by atoms with Crippen LogP contribution in [0.15, 0.2) is 27.6 Å². The second-order valence-corrected chi connectivity index (χ2v) is 8.17. The topological polar surface area (TPSA) is 58.8 Å². The van der Waals surface area contributed by atoms with E-state index in [1.165, 1.54) is 12.1 Å². The molecule has 154 valence electrons. The number of fused-ring (bicyclic) bond motifs is 2. The molecule has 1 aliphatic carbocycles. The molecule has 0 amide bonds. The maximum Gasteiger partial charge on any atom is 0.191 e. The summed E-state index contributed by atoms with van der Waals surface area (Å²) in [7, 11) is 0. The molecule has 1 aromatic heterocycles. The standard InChI is InChI=1S/C21H28FN3O2.HI/c1-5-23-20(25-18-14-8-9-26-19(14)21(18,3)4)24-11-17-12(2)15-10-13(22)6-7-16(15)27-17;/h6-7,10,14,18-19H,5,8-9,11H2,1-4H3,(H2,23,24,25);1H. The van der Waals surface area contributed by atoms with E-state index in [0.717, 1.165) is 42.2 Å². The van der Waals surface area contributed by atoms with E-state index in [4.69, 9.17) is 14.1 Å². The summed E-state index contributed by atoms with van der Waals surface area (Å²) in [5.41, 5.74) is 1.73. The average Bonchev–Trinajstić information content (AvgIpc) is 3.21. The van der Waals surface area contributed by atoms with Crippen LogP contribution >= 0.6 is 24.0 Å². The van der Waals surface area contributed by atoms with Crippen LogP contribution in [0.2, 0.25) is 0 Å². The molecule has 1 aromatic carbocycles. The van der Waals surface area contributed by atoms with Crippen molar-refractivity contribution in [3.8, 4) is 0 Å². The number of nitrogens with one attached hydrogen (secondary N) is 2. The monoisotopic (exact) mass is 501 g/mol. The van der Waals surface area contributed by atoms with Crippen LogP contribution in [0.4, 0.5) is 4.39 Å². The Morgan fingerprint density at radius 1 is 1.36 bits per heavy atom. The Morgan fingerprint density at radius 3 is 2.89 bits per heavy atom. The Balaban J connectivity index is 0.00000225. The third-order valence-electron chi connectivity index (χ3n) is 6.11. The van der Waals surface area contributed by atoms with Gasteiger partial charge in [-0.15, -0.1) is 24.0 Å². The van der Waals surface area contributed by atoms with Gasteiger partial charge in [-0.2, -0.15) is 0 Å². The normalized spacial score (nSPS) is 25.8. The summed E-state index contributed by atoms with van der Waals surface area (Å²) < 4.78 is 25.3. The number of hydrogen-bond acceptors (Lipinski definition) is 3. The van der Waals surface area contributed by atoms with E-state index in [-0.39, 0.29) is 35.2 Å². The van der Waals surface area contributed by atoms with E-state index >= 15 is 0 Å². The largest absolute Gasteiger partial charge is 0.459 e. The first-order valence-electron chi connectivity index (χ1n) is 9.75. The maximum atomic E-state index is 13.5. The summed E-state index contributed by atoms with van der Waals surface area (Å²) in [6.07, 6.45) is 1.43. The van der Waals surface area contributed by atoms with Crippen LogP contribution in [0.3, 0.4) is 0 Å². The zero-order valence-electron chi connectivity index (χ0n) is 16.8. The second-order valence-electron chi connectivity index (χ2n) is 8.17. The van der Waals surface area contributed by atoms with Crippen LogP contribution < -0.4 is 10.6 Å². The van der Waals surface area contributed by atoms with Gasteiger partial charge in [-0.25, -0.2) is 9.38 Å². The molecule has 2 aromatic rings. The maximum absolute atomic E-state index is 13.5. The number of halogens is 2. The minimum Gasteiger partial charge on any atom is -0.459 e. The molecular formula is C21H29FIN3O2. The van der Waals surface area contributed by atoms with Gasteiger partial charge in [-0.1, -0.05) is 13.8 Å². The van der Waals surface area contributed by atoms with E-state index in [1.807, 2.05) is 6.92 Å². The summed E-state index contributed by atoms with van der Waals surface area (Å²) in [4.78, 5) is 4.73. The molecule has 2 aliphatic rings. The first kappa shape index (κ1) is 21.4. The number of guanidine groups is 1. The lowest BCUT2D eigenvalue weighted by Crippen LogP contribution is -2.67. The molecule has 3 unspecified atom stereocenters. The van der Waals surface area contributed by atoms with Gasteiger partial charge < -0.3 is 19.8 Å². The highest BCUT2D eigenvalue weighted by atomic mass is 127. The molecule has 1 saturated heterocycles. The van der Waals surface area contributed by atoms with Crippen molar-refractivity contribution in [1.29, 1.82) is 0 Å². The fourth-order valence-corrected chi connectivity index (χ4v) is 4.63. The Kier molecular flexibility index (Phi) is 6.24. The third kappa shape index (κ3) is 3.63. The number of nitrogens with zero attached hydrogens (tertiary/aromatic N) is 1. The van der Waals surface area contributed by atoms with Gasteiger partial charge in [0.05, 0.1) is 6.10 Å². The lowest BCUT2D eigenvalue weighted by molar-refractivity contribution is -0.106. The number of furan rings is 1. The van der Waals surface area contributed by atoms with Gasteiger partial charge in [-0.3, -0.25) is 0 Å². The highest BCUT2D eigenvalue weighted by Gasteiger charge is 2.59. The van der Waals surface area contributed by atoms with E-state index < -0.39 is 0 Å². The number of ether oxygens (including phenoxy) is 1. The van der Waals surface area contributed by atoms with Gasteiger partial charge in [-0.05, 0) is 38.5 Å². The van der Waals surface area contributed by atoms with Crippen molar-refractivity contribution in [2.45, 2.75) is 52.8 Å². The number of rotatable bonds is 4. The van der Waals surface area contributed by atoms with Crippen molar-refractivity contribution in [3.63, 3.8) is 0 Å². The molecule has 0 bridgehead atoms. The quantitative estimate of drug-likeness (QED) is 0.371. The molecule has 7 heteroatoms. The average molecular weight is 501 g/mol. The summed E-state index contributed by atoms with van der Waals surface area (Å²) in [6, 6.07) is 4.95. The van der Waals surface area contributed by atoms with Crippen molar-refractivity contribution in [2.75, 3.05) is 13.2 Å². The summed E-state index contributed by atoms with van der Waals surface area (Å²) in [5, 5.41) is 7.74. The minimum atomic E-state index is -0.253. The molecule has 28 heavy (non-hydrogen) atoms. The van der Waals surface area contributed by atoms with Crippen LogP contribution in [0.5, 0.6) is 0 Å². The van der Waals surface area contributed by atoms with E-state index in [9.17, 15) is 4.39 Å². The molecule has 1 saturated carbocycles. The molecule has 2 N–H and O–H groups in total. The lowest BCUT2D eigenvalue weighted by atomic mass is 9.57. The Hall–Kier alpha value is -1.35. The van der Waals surface area contributed by atoms with Gasteiger partial charge in [0, 0.05) is 41.5 Å². The molecular weight excluding hydrogens is 472 g/mol. The van der Waals surface area contributed by atoms with Gasteiger partial charge in [0.25, 0.3) is 0 Å². The van der Waals surface area contributed by atoms with Crippen LogP contribution in [0, 0.1) is 24.1 Å². The first-order valence-corrected chi connectivity index (χ1v) is 9.75. The van der Waals surface area contributed by atoms with E-state index in [2.05, 4.69) is 31.4 Å². The minimum absolute atomic E-state index is 0. The van der Waals surface area contributed by atoms with Crippen LogP contribution in [-0.2, 0) is 11.3 Å². The zero-order chi connectivity index (χ0) is 19.2. The first-order chi connectivity index (χ1) is 12.9. The second kappa shape index (κ2) is 8.18. The van der Waals surface area contributed by atoms with Crippen molar-refractivity contribution in [2.24, 2.45) is 16.3 Å². The van der Waals surface area contributed by atoms with E-state index in [1.54, 1.807) is 6.07 Å². The third-order valence-corrected chi connectivity index (χ3v) is 6.11. The molecule has 3 atom stereocenters. The van der Waals surface area contributed by atoms with Gasteiger partial charge in [0.2, 0.25) is 0 Å². The molecule has 2 fully saturated rings. The summed E-state index contributed by atoms with van der Waals surface area (Å²) in [6.45, 7) is 10.5. The van der Waals surface area contributed by atoms with Crippen molar-refractivity contribution in [1.82, 2.24) is 10.6 Å². The predicted octanol–water partition coefficient (Wildman–Crippen LogP) is 4.37. The lowest BCUT2D eigenvalue weighted by Gasteiger charge is -2.54. The Labute approximate surface area is 182 Å². The highest BCUT2D eigenvalue weighted by Crippen LogP contribution is 2.52. The van der Waals surface area contributed by atoms with Crippen molar-refractivity contribution < 1.29 is 13.5 Å². The number of aryl methyl sites for hydroxylation is 1. The van der Waals surface area contributed by atoms with Crippen molar-refractivity contribution >= 4 is 40.9 Å². The number of hydrogen-bond donors (Lipinski definition) is 2. The fraction of sp³-hybridized carbons (Fsp3) is 0.571. The smallest absolute Gasteiger partial charge is 0.191 e. The highest BCUT2D eigenvalue weighted by molar-refractivity contribution is 14.0. The van der Waals surface area contributed by atoms with Gasteiger partial charge >= 0.3 is 0 Å². The van der Waals surface area contributed by atoms with Crippen LogP contribution in [-0.4, -0.2) is 31.3 Å². The van der Waals surface area contributed by atoms with E-state index in [0.29, 0.717) is 30.2 Å². The number of benzene rings is 1. The van der Waals surface area contributed by atoms with Crippen LogP contribution in [0.1, 0.15) is 38.5 Å². The molecule has 5 nitrogen and oxygen atoms in total. The molecule has 0 spiro atoms. The zero-order valence-corrected chi connectivity index (χ0v) is 19.2. The van der Waals surface area contributed by atoms with Crippen LogP contribution in [0.25, 0.3) is 11.0 Å². The molecule has 4 rings (SSSR count). The Morgan fingerprint density at radius 2 is 2.14 bits per heavy atom. The fourth-order valence-electron chi connectivity index (χ4n) is 4.63. The number of aliphatic imine (C=N–C) groups is 1. The summed E-state index contributed by atoms with van der Waals surface area (Å²) >= 11 is 0. The van der Waals surface area contributed by atoms with Crippen molar-refractivity contribution in [3.05, 3.63) is 35.3 Å². The van der Waals surface area contributed by atoms with Gasteiger partial charge in [0.15, 0.2) is 5.96 Å². The van der Waals surface area contributed by atoms with Gasteiger partial charge in [0.1, 0.15) is 23.7 Å². The molecule has 0 radical (unpaired) electrons. The SMILES string of the molecule is CCNC(=NCc1oc2ccc(F)cc2c1C)NC1C2CCOC2C1(C)C.I. The predicted molar refractivity (Wildman–Crippen MR) is 120 cm³/mol. The summed E-state index contributed by atoms with van der Waals surface area (Å²) in [5.74, 6) is 1.84. The molecule has 1 aliphatic heterocycles. The Bertz CT molecular complexity index is 880.